The van der Waals surface area contributed by atoms with Crippen LogP contribution in [0.5, 0.6) is 0 Å². The van der Waals surface area contributed by atoms with Crippen molar-refractivity contribution in [1.29, 1.82) is 0 Å². The average molecular weight is 289 g/mol. The lowest BCUT2D eigenvalue weighted by molar-refractivity contribution is 0.200. The lowest BCUT2D eigenvalue weighted by atomic mass is 10.4. The Morgan fingerprint density at radius 3 is 2.06 bits per heavy atom. The van der Waals surface area contributed by atoms with Gasteiger partial charge in [0.15, 0.2) is 0 Å². The monoisotopic (exact) mass is 289 g/mol. The van der Waals surface area contributed by atoms with E-state index in [9.17, 15) is 13.0 Å². The topological polar surface area (TPSA) is 90.9 Å². The van der Waals surface area contributed by atoms with Gasteiger partial charge >= 0.3 is 7.75 Å². The van der Waals surface area contributed by atoms with Gasteiger partial charge in [0.25, 0.3) is 10.1 Å². The van der Waals surface area contributed by atoms with Crippen LogP contribution in [-0.4, -0.2) is 40.5 Å². The summed E-state index contributed by atoms with van der Waals surface area (Å²) >= 11 is 0. The molecule has 104 valence electrons. The summed E-state index contributed by atoms with van der Waals surface area (Å²) in [5, 5.41) is 2.59. The van der Waals surface area contributed by atoms with Crippen LogP contribution in [0.2, 0.25) is 0 Å². The van der Waals surface area contributed by atoms with Crippen LogP contribution < -0.4 is 5.09 Å². The smallest absolute Gasteiger partial charge is 0.297 e. The molecule has 0 heterocycles. The van der Waals surface area contributed by atoms with E-state index in [1.807, 2.05) is 0 Å². The zero-order valence-electron chi connectivity index (χ0n) is 10.5. The van der Waals surface area contributed by atoms with Gasteiger partial charge in [-0.3, -0.25) is 13.2 Å². The van der Waals surface area contributed by atoms with Gasteiger partial charge in [-0.15, -0.1) is 0 Å². The minimum atomic E-state index is -3.51. The summed E-state index contributed by atoms with van der Waals surface area (Å²) in [7, 11) is -6.89. The summed E-state index contributed by atoms with van der Waals surface area (Å²) in [5.74, 6) is 0. The van der Waals surface area contributed by atoms with E-state index in [4.69, 9.17) is 9.05 Å². The lowest BCUT2D eigenvalue weighted by Crippen LogP contribution is -2.30. The summed E-state index contributed by atoms with van der Waals surface area (Å²) in [6.07, 6.45) is 0.949. The number of rotatable bonds is 9. The van der Waals surface area contributed by atoms with Crippen LogP contribution in [0.25, 0.3) is 0 Å². The third kappa shape index (κ3) is 8.70. The highest BCUT2D eigenvalue weighted by molar-refractivity contribution is 7.85. The van der Waals surface area contributed by atoms with Crippen LogP contribution in [0, 0.1) is 0 Å². The van der Waals surface area contributed by atoms with Gasteiger partial charge in [-0.2, -0.15) is 8.42 Å². The Bertz CT molecular complexity index is 347. The maximum Gasteiger partial charge on any atom is 0.405 e. The molecule has 0 aromatic heterocycles. The van der Waals surface area contributed by atoms with E-state index in [1.54, 1.807) is 20.8 Å². The van der Waals surface area contributed by atoms with Crippen LogP contribution in [0.15, 0.2) is 0 Å². The summed E-state index contributed by atoms with van der Waals surface area (Å²) in [6.45, 7) is 5.31. The van der Waals surface area contributed by atoms with Crippen molar-refractivity contribution in [3.05, 3.63) is 0 Å². The third-order valence-corrected chi connectivity index (χ3v) is 4.03. The maximum atomic E-state index is 12.0. The van der Waals surface area contributed by atoms with Gasteiger partial charge in [-0.25, -0.2) is 9.65 Å². The van der Waals surface area contributed by atoms with Crippen LogP contribution in [-0.2, 0) is 27.9 Å². The fourth-order valence-corrected chi connectivity index (χ4v) is 2.95. The molecule has 7 nitrogen and oxygen atoms in total. The molecule has 1 N–H and O–H groups in total. The minimum Gasteiger partial charge on any atom is -0.297 e. The van der Waals surface area contributed by atoms with Crippen LogP contribution >= 0.6 is 7.75 Å². The van der Waals surface area contributed by atoms with Crippen LogP contribution in [0.1, 0.15) is 20.8 Å². The molecule has 17 heavy (non-hydrogen) atoms. The first kappa shape index (κ1) is 17.0. The van der Waals surface area contributed by atoms with Crippen molar-refractivity contribution in [2.75, 3.05) is 26.1 Å². The van der Waals surface area contributed by atoms with Crippen molar-refractivity contribution in [3.8, 4) is 0 Å². The molecule has 1 atom stereocenters. The van der Waals surface area contributed by atoms with Crippen molar-refractivity contribution >= 4 is 17.9 Å². The Kier molecular flexibility index (Phi) is 7.46. The number of nitrogens with one attached hydrogen (secondary N) is 1. The highest BCUT2D eigenvalue weighted by Gasteiger charge is 2.26. The first-order chi connectivity index (χ1) is 7.72. The second-order valence-corrected chi connectivity index (χ2v) is 6.77. The largest absolute Gasteiger partial charge is 0.405 e. The van der Waals surface area contributed by atoms with E-state index < -0.39 is 23.9 Å². The average Bonchev–Trinajstić information content (AvgIpc) is 2.14. The van der Waals surface area contributed by atoms with E-state index in [-0.39, 0.29) is 19.8 Å². The standard InChI is InChI=1S/C8H20NO6PS/c1-5-13-16(10,14-6-2)9-8(3)7-15-17(4,11)12/h8H,5-7H2,1-4H3,(H,9,10). The first-order valence-electron chi connectivity index (χ1n) is 5.23. The summed E-state index contributed by atoms with van der Waals surface area (Å²) in [4.78, 5) is 0. The molecule has 0 amide bonds. The molecular formula is C8H20NO6PS. The van der Waals surface area contributed by atoms with Crippen molar-refractivity contribution in [2.24, 2.45) is 0 Å². The van der Waals surface area contributed by atoms with Gasteiger partial charge in [0, 0.05) is 6.04 Å². The Labute approximate surface area is 103 Å². The number of hydrogen-bond acceptors (Lipinski definition) is 6. The Balaban J connectivity index is 4.31. The van der Waals surface area contributed by atoms with Gasteiger partial charge in [0.1, 0.15) is 0 Å². The summed E-state index contributed by atoms with van der Waals surface area (Å²) in [5.41, 5.74) is 0. The summed E-state index contributed by atoms with van der Waals surface area (Å²) in [6, 6.07) is -0.478. The van der Waals surface area contributed by atoms with Crippen LogP contribution in [0.4, 0.5) is 0 Å². The van der Waals surface area contributed by atoms with Gasteiger partial charge in [-0.1, -0.05) is 0 Å². The molecule has 0 aromatic rings. The Hall–Kier alpha value is 0.0200. The molecule has 0 bridgehead atoms. The second-order valence-electron chi connectivity index (χ2n) is 3.35. The molecule has 0 radical (unpaired) electrons. The zero-order valence-corrected chi connectivity index (χ0v) is 12.2. The quantitative estimate of drug-likeness (QED) is 0.502. The lowest BCUT2D eigenvalue weighted by Gasteiger charge is -2.21. The predicted molar refractivity (Wildman–Crippen MR) is 64.3 cm³/mol. The molecule has 0 spiro atoms. The molecule has 0 aliphatic carbocycles. The van der Waals surface area contributed by atoms with Gasteiger partial charge in [0.05, 0.1) is 26.1 Å². The molecule has 0 fully saturated rings. The molecule has 0 saturated carbocycles. The molecule has 0 rings (SSSR count). The second kappa shape index (κ2) is 7.45. The van der Waals surface area contributed by atoms with Crippen LogP contribution in [0.3, 0.4) is 0 Å². The zero-order chi connectivity index (χ0) is 13.5. The molecular weight excluding hydrogens is 269 g/mol. The van der Waals surface area contributed by atoms with Crippen molar-refractivity contribution in [2.45, 2.75) is 26.8 Å². The highest BCUT2D eigenvalue weighted by Crippen LogP contribution is 2.43. The van der Waals surface area contributed by atoms with E-state index in [0.717, 1.165) is 6.26 Å². The SMILES string of the molecule is CCOP(=O)(NC(C)COS(C)(=O)=O)OCC. The maximum absolute atomic E-state index is 12.0. The van der Waals surface area contributed by atoms with E-state index in [0.29, 0.717) is 0 Å². The van der Waals surface area contributed by atoms with Crippen molar-refractivity contribution < 1.29 is 26.2 Å². The van der Waals surface area contributed by atoms with Crippen molar-refractivity contribution in [1.82, 2.24) is 5.09 Å². The summed E-state index contributed by atoms with van der Waals surface area (Å²) < 4.78 is 48.1. The minimum absolute atomic E-state index is 0.136. The van der Waals surface area contributed by atoms with Gasteiger partial charge in [-0.05, 0) is 20.8 Å². The highest BCUT2D eigenvalue weighted by atomic mass is 32.2. The van der Waals surface area contributed by atoms with Gasteiger partial charge < -0.3 is 0 Å². The predicted octanol–water partition coefficient (Wildman–Crippen LogP) is 1.12. The van der Waals surface area contributed by atoms with Crippen molar-refractivity contribution in [3.63, 3.8) is 0 Å². The third-order valence-electron chi connectivity index (χ3n) is 1.51. The van der Waals surface area contributed by atoms with Gasteiger partial charge in [0.2, 0.25) is 0 Å². The Morgan fingerprint density at radius 2 is 1.71 bits per heavy atom. The normalized spacial score (nSPS) is 14.8. The first-order valence-corrected chi connectivity index (χ1v) is 8.59. The molecule has 9 heteroatoms. The van der Waals surface area contributed by atoms with E-state index in [1.165, 1.54) is 0 Å². The molecule has 0 aliphatic rings. The van der Waals surface area contributed by atoms with E-state index in [2.05, 4.69) is 9.27 Å². The van der Waals surface area contributed by atoms with E-state index >= 15 is 0 Å². The molecule has 0 aromatic carbocycles. The Morgan fingerprint density at radius 1 is 1.24 bits per heavy atom. The fourth-order valence-electron chi connectivity index (χ4n) is 0.985. The fraction of sp³-hybridized carbons (Fsp3) is 1.00. The molecule has 0 saturated heterocycles. The number of hydrogen-bond donors (Lipinski definition) is 1. The molecule has 1 unspecified atom stereocenters. The molecule has 0 aliphatic heterocycles.